The normalized spacial score (nSPS) is 14.1. The van der Waals surface area contributed by atoms with Crippen molar-refractivity contribution in [1.82, 2.24) is 10.2 Å². The number of rotatable bonds is 12. The van der Waals surface area contributed by atoms with Gasteiger partial charge in [-0.15, -0.1) is 0 Å². The van der Waals surface area contributed by atoms with E-state index < -0.39 is 28.5 Å². The first-order valence-corrected chi connectivity index (χ1v) is 16.6. The number of sulfonamides is 1. The third kappa shape index (κ3) is 7.55. The molecule has 7 nitrogen and oxygen atoms in total. The molecule has 228 valence electrons. The van der Waals surface area contributed by atoms with Gasteiger partial charge in [-0.05, 0) is 60.7 Å². The quantitative estimate of drug-likeness (QED) is 0.217. The molecular weight excluding hydrogens is 570 g/mol. The van der Waals surface area contributed by atoms with Crippen molar-refractivity contribution < 1.29 is 18.0 Å². The number of carbonyl (C=O) groups is 2. The second-order valence-electron chi connectivity index (χ2n) is 11.3. The number of nitrogens with one attached hydrogen (secondary N) is 1. The number of amides is 2. The fourth-order valence-electron chi connectivity index (χ4n) is 5.74. The third-order valence-corrected chi connectivity index (χ3v) is 10.0. The molecule has 5 rings (SSSR count). The highest BCUT2D eigenvalue weighted by Gasteiger charge is 2.35. The van der Waals surface area contributed by atoms with E-state index in [4.69, 9.17) is 0 Å². The Morgan fingerprint density at radius 3 is 2.00 bits per heavy atom. The molecule has 1 atom stereocenters. The summed E-state index contributed by atoms with van der Waals surface area (Å²) in [5, 5.41) is 3.21. The van der Waals surface area contributed by atoms with Crippen LogP contribution in [0.2, 0.25) is 0 Å². The molecule has 4 aromatic rings. The van der Waals surface area contributed by atoms with E-state index in [9.17, 15) is 18.0 Å². The van der Waals surface area contributed by atoms with Crippen molar-refractivity contribution in [2.75, 3.05) is 10.8 Å². The van der Waals surface area contributed by atoms with Crippen molar-refractivity contribution in [3.8, 4) is 0 Å². The van der Waals surface area contributed by atoms with Gasteiger partial charge in [-0.25, -0.2) is 8.42 Å². The van der Waals surface area contributed by atoms with Crippen LogP contribution in [0.3, 0.4) is 0 Å². The van der Waals surface area contributed by atoms with Crippen LogP contribution in [0.5, 0.6) is 0 Å². The van der Waals surface area contributed by atoms with E-state index in [1.165, 1.54) is 12.1 Å². The Bertz CT molecular complexity index is 1640. The van der Waals surface area contributed by atoms with Crippen molar-refractivity contribution in [3.05, 3.63) is 132 Å². The predicted molar refractivity (Wildman–Crippen MR) is 173 cm³/mol. The van der Waals surface area contributed by atoms with Crippen LogP contribution < -0.4 is 9.62 Å². The second kappa shape index (κ2) is 14.4. The summed E-state index contributed by atoms with van der Waals surface area (Å²) in [6.07, 6.45) is 4.24. The molecule has 0 aromatic heterocycles. The molecule has 0 bridgehead atoms. The molecule has 4 aromatic carbocycles. The molecule has 44 heavy (non-hydrogen) atoms. The van der Waals surface area contributed by atoms with Gasteiger partial charge >= 0.3 is 0 Å². The predicted octanol–water partition coefficient (Wildman–Crippen LogP) is 5.89. The summed E-state index contributed by atoms with van der Waals surface area (Å²) in [4.78, 5) is 30.2. The van der Waals surface area contributed by atoms with Crippen LogP contribution in [0.15, 0.2) is 120 Å². The van der Waals surface area contributed by atoms with Crippen molar-refractivity contribution in [3.63, 3.8) is 0 Å². The van der Waals surface area contributed by atoms with E-state index in [0.29, 0.717) is 12.1 Å². The molecule has 1 fully saturated rings. The summed E-state index contributed by atoms with van der Waals surface area (Å²) >= 11 is 0. The molecule has 1 aliphatic carbocycles. The van der Waals surface area contributed by atoms with Gasteiger partial charge in [0.05, 0.1) is 10.6 Å². The zero-order chi connectivity index (χ0) is 30.9. The number of aryl methyl sites for hydroxylation is 1. The zero-order valence-electron chi connectivity index (χ0n) is 25.0. The number of benzene rings is 4. The molecule has 0 spiro atoms. The van der Waals surface area contributed by atoms with E-state index in [-0.39, 0.29) is 23.4 Å². The van der Waals surface area contributed by atoms with Gasteiger partial charge in [0.1, 0.15) is 12.6 Å². The molecule has 0 saturated heterocycles. The summed E-state index contributed by atoms with van der Waals surface area (Å²) in [5.74, 6) is -0.681. The van der Waals surface area contributed by atoms with Gasteiger partial charge in [0, 0.05) is 19.0 Å². The number of nitrogens with zero attached hydrogens (tertiary/aromatic N) is 2. The Kier molecular flexibility index (Phi) is 10.1. The number of hydrogen-bond donors (Lipinski definition) is 1. The van der Waals surface area contributed by atoms with Gasteiger partial charge in [-0.2, -0.15) is 0 Å². The highest BCUT2D eigenvalue weighted by Crippen LogP contribution is 2.25. The number of hydrogen-bond acceptors (Lipinski definition) is 4. The smallest absolute Gasteiger partial charge is 0.264 e. The van der Waals surface area contributed by atoms with Crippen LogP contribution in [-0.4, -0.2) is 43.8 Å². The second-order valence-corrected chi connectivity index (χ2v) is 13.2. The molecule has 1 N–H and O–H groups in total. The van der Waals surface area contributed by atoms with E-state index in [1.54, 1.807) is 53.4 Å². The highest BCUT2D eigenvalue weighted by molar-refractivity contribution is 7.92. The summed E-state index contributed by atoms with van der Waals surface area (Å²) < 4.78 is 29.2. The lowest BCUT2D eigenvalue weighted by molar-refractivity contribution is -0.140. The van der Waals surface area contributed by atoms with Crippen LogP contribution in [0.1, 0.15) is 42.4 Å². The molecule has 0 radical (unpaired) electrons. The SMILES string of the molecule is Cc1ccccc1CN(C(=O)CN(c1ccccc1)S(=O)(=O)c1ccccc1)[C@@H](Cc1ccccc1)C(=O)NC1CCCC1. The van der Waals surface area contributed by atoms with Crippen molar-refractivity contribution >= 4 is 27.5 Å². The fraction of sp³-hybridized carbons (Fsp3) is 0.278. The first-order chi connectivity index (χ1) is 21.3. The lowest BCUT2D eigenvalue weighted by Gasteiger charge is -2.34. The standard InChI is InChI=1S/C36H39N3O4S/c1-28-15-11-12-18-30(28)26-38(34(25-29-16-5-2-6-17-29)36(41)37-31-19-13-14-20-31)35(40)27-39(32-21-7-3-8-22-32)44(42,43)33-23-9-4-10-24-33/h2-12,15-18,21-24,31,34H,13-14,19-20,25-27H2,1H3,(H,37,41)/t34-/m0/s1. The van der Waals surface area contributed by atoms with Gasteiger partial charge in [0.25, 0.3) is 10.0 Å². The maximum atomic E-state index is 14.5. The van der Waals surface area contributed by atoms with Crippen LogP contribution in [0, 0.1) is 6.92 Å². The van der Waals surface area contributed by atoms with Crippen molar-refractivity contribution in [2.24, 2.45) is 0 Å². The minimum Gasteiger partial charge on any atom is -0.352 e. The lowest BCUT2D eigenvalue weighted by Crippen LogP contribution is -2.54. The maximum Gasteiger partial charge on any atom is 0.264 e. The van der Waals surface area contributed by atoms with E-state index in [0.717, 1.165) is 46.7 Å². The van der Waals surface area contributed by atoms with Crippen LogP contribution in [0.25, 0.3) is 0 Å². The van der Waals surface area contributed by atoms with Gasteiger partial charge in [0.15, 0.2) is 0 Å². The molecule has 1 aliphatic rings. The Labute approximate surface area is 260 Å². The average Bonchev–Trinajstić information content (AvgIpc) is 3.56. The molecule has 0 unspecified atom stereocenters. The minimum atomic E-state index is -4.10. The number of para-hydroxylation sites is 1. The molecular formula is C36H39N3O4S. The Morgan fingerprint density at radius 2 is 1.36 bits per heavy atom. The number of carbonyl (C=O) groups excluding carboxylic acids is 2. The third-order valence-electron chi connectivity index (χ3n) is 8.23. The molecule has 0 heterocycles. The summed E-state index contributed by atoms with van der Waals surface area (Å²) in [5.41, 5.74) is 3.16. The summed E-state index contributed by atoms with van der Waals surface area (Å²) in [6.45, 7) is 1.67. The van der Waals surface area contributed by atoms with Gasteiger partial charge < -0.3 is 10.2 Å². The summed E-state index contributed by atoms with van der Waals surface area (Å²) in [6, 6.07) is 33.4. The van der Waals surface area contributed by atoms with E-state index >= 15 is 0 Å². The first kappa shape index (κ1) is 31.0. The van der Waals surface area contributed by atoms with Gasteiger partial charge in [0.2, 0.25) is 11.8 Å². The molecule has 2 amide bonds. The van der Waals surface area contributed by atoms with Gasteiger partial charge in [-0.1, -0.05) is 104 Å². The van der Waals surface area contributed by atoms with Crippen molar-refractivity contribution in [1.29, 1.82) is 0 Å². The van der Waals surface area contributed by atoms with Crippen LogP contribution in [0.4, 0.5) is 5.69 Å². The monoisotopic (exact) mass is 609 g/mol. The van der Waals surface area contributed by atoms with Crippen LogP contribution >= 0.6 is 0 Å². The van der Waals surface area contributed by atoms with Crippen LogP contribution in [-0.2, 0) is 32.6 Å². The Balaban J connectivity index is 1.55. The summed E-state index contributed by atoms with van der Waals surface area (Å²) in [7, 11) is -4.10. The fourth-order valence-corrected chi connectivity index (χ4v) is 7.17. The molecule has 8 heteroatoms. The zero-order valence-corrected chi connectivity index (χ0v) is 25.8. The first-order valence-electron chi connectivity index (χ1n) is 15.1. The van der Waals surface area contributed by atoms with E-state index in [2.05, 4.69) is 5.32 Å². The van der Waals surface area contributed by atoms with Gasteiger partial charge in [-0.3, -0.25) is 13.9 Å². The van der Waals surface area contributed by atoms with Crippen molar-refractivity contribution in [2.45, 2.75) is 62.6 Å². The topological polar surface area (TPSA) is 86.8 Å². The highest BCUT2D eigenvalue weighted by atomic mass is 32.2. The number of anilines is 1. The lowest BCUT2D eigenvalue weighted by atomic mass is 10.0. The Hall–Kier alpha value is -4.43. The largest absolute Gasteiger partial charge is 0.352 e. The van der Waals surface area contributed by atoms with E-state index in [1.807, 2.05) is 61.5 Å². The minimum absolute atomic E-state index is 0.0652. The maximum absolute atomic E-state index is 14.5. The average molecular weight is 610 g/mol. The molecule has 0 aliphatic heterocycles. The molecule has 1 saturated carbocycles. The Morgan fingerprint density at radius 1 is 0.795 bits per heavy atom.